The van der Waals surface area contributed by atoms with Crippen molar-refractivity contribution in [1.29, 1.82) is 0 Å². The first kappa shape index (κ1) is 16.5. The zero-order valence-electron chi connectivity index (χ0n) is 12.0. The van der Waals surface area contributed by atoms with Crippen LogP contribution in [0.25, 0.3) is 0 Å². The number of esters is 1. The van der Waals surface area contributed by atoms with Crippen LogP contribution in [-0.4, -0.2) is 54.4 Å². The van der Waals surface area contributed by atoms with Gasteiger partial charge in [-0.3, -0.25) is 4.79 Å². The first-order valence-electron chi connectivity index (χ1n) is 6.11. The van der Waals surface area contributed by atoms with Crippen LogP contribution in [0.3, 0.4) is 0 Å². The van der Waals surface area contributed by atoms with E-state index < -0.39 is 17.6 Å². The number of rotatable bonds is 6. The second-order valence-electron chi connectivity index (χ2n) is 4.59. The second kappa shape index (κ2) is 7.25. The highest BCUT2D eigenvalue weighted by atomic mass is 35.5. The Morgan fingerprint density at radius 2 is 2.25 bits per heavy atom. The number of halogens is 1. The third-order valence-corrected chi connectivity index (χ3v) is 3.04. The van der Waals surface area contributed by atoms with Crippen LogP contribution in [-0.2, 0) is 16.1 Å². The molecule has 0 fully saturated rings. The maximum atomic E-state index is 12.0. The fraction of sp³-hybridized carbons (Fsp3) is 0.583. The molecule has 0 amide bonds. The van der Waals surface area contributed by atoms with Crippen LogP contribution in [0.15, 0.2) is 11.0 Å². The molecule has 1 aromatic rings. The van der Waals surface area contributed by atoms with Gasteiger partial charge in [-0.25, -0.2) is 9.48 Å². The lowest BCUT2D eigenvalue weighted by Crippen LogP contribution is -2.31. The normalized spacial score (nSPS) is 12.3. The second-order valence-corrected chi connectivity index (χ2v) is 4.97. The summed E-state index contributed by atoms with van der Waals surface area (Å²) in [6.07, 6.45) is 1.43. The highest BCUT2D eigenvalue weighted by Crippen LogP contribution is 2.16. The van der Waals surface area contributed by atoms with Gasteiger partial charge in [0.15, 0.2) is 0 Å². The molecular formula is C12H19ClN4O3. The van der Waals surface area contributed by atoms with Crippen LogP contribution < -0.4 is 10.9 Å². The largest absolute Gasteiger partial charge is 0.467 e. The smallest absolute Gasteiger partial charge is 0.327 e. The number of carbonyl (C=O) groups excluding carboxylic acids is 1. The third kappa shape index (κ3) is 4.21. The number of carbonyl (C=O) groups is 1. The van der Waals surface area contributed by atoms with Crippen molar-refractivity contribution in [3.8, 4) is 0 Å². The number of nitrogens with zero attached hydrogens (tertiary/aromatic N) is 3. The molecule has 20 heavy (non-hydrogen) atoms. The topological polar surface area (TPSA) is 76.5 Å². The average Bonchev–Trinajstić information content (AvgIpc) is 2.41. The number of methoxy groups -OCH3 is 1. The number of hydrogen-bond acceptors (Lipinski definition) is 6. The first-order chi connectivity index (χ1) is 9.36. The van der Waals surface area contributed by atoms with E-state index in [-0.39, 0.29) is 5.02 Å². The number of anilines is 1. The van der Waals surface area contributed by atoms with Gasteiger partial charge >= 0.3 is 5.97 Å². The Morgan fingerprint density at radius 3 is 2.80 bits per heavy atom. The number of nitrogens with one attached hydrogen (secondary N) is 1. The molecule has 0 aliphatic carbocycles. The Bertz CT molecular complexity index is 530. The van der Waals surface area contributed by atoms with Crippen molar-refractivity contribution < 1.29 is 9.53 Å². The first-order valence-corrected chi connectivity index (χ1v) is 6.49. The maximum Gasteiger partial charge on any atom is 0.327 e. The summed E-state index contributed by atoms with van der Waals surface area (Å²) in [5, 5.41) is 6.84. The van der Waals surface area contributed by atoms with E-state index in [0.717, 1.165) is 0 Å². The summed E-state index contributed by atoms with van der Waals surface area (Å²) in [6.45, 7) is 2.73. The van der Waals surface area contributed by atoms with Crippen LogP contribution in [0.1, 0.15) is 6.92 Å². The number of ether oxygens (including phenoxy) is 1. The van der Waals surface area contributed by atoms with Gasteiger partial charge in [0.1, 0.15) is 11.1 Å². The predicted octanol–water partition coefficient (Wildman–Crippen LogP) is 0.432. The van der Waals surface area contributed by atoms with Crippen LogP contribution in [0, 0.1) is 0 Å². The van der Waals surface area contributed by atoms with Gasteiger partial charge in [-0.1, -0.05) is 11.6 Å². The Kier molecular flexibility index (Phi) is 5.97. The SMILES string of the molecule is COC(=O)C(C)Nc1cnn(CCN(C)C)c(=O)c1Cl. The van der Waals surface area contributed by atoms with Gasteiger partial charge in [0, 0.05) is 6.54 Å². The number of aromatic nitrogens is 2. The van der Waals surface area contributed by atoms with Gasteiger partial charge in [-0.2, -0.15) is 5.10 Å². The van der Waals surface area contributed by atoms with Crippen molar-refractivity contribution in [1.82, 2.24) is 14.7 Å². The molecule has 1 rings (SSSR count). The van der Waals surface area contributed by atoms with E-state index in [1.54, 1.807) is 6.92 Å². The van der Waals surface area contributed by atoms with E-state index >= 15 is 0 Å². The van der Waals surface area contributed by atoms with E-state index in [0.29, 0.717) is 18.8 Å². The average molecular weight is 303 g/mol. The molecule has 1 unspecified atom stereocenters. The molecule has 0 aliphatic rings. The molecule has 0 spiro atoms. The molecule has 112 valence electrons. The van der Waals surface area contributed by atoms with E-state index in [2.05, 4.69) is 15.2 Å². The molecule has 0 bridgehead atoms. The van der Waals surface area contributed by atoms with Gasteiger partial charge in [0.05, 0.1) is 25.5 Å². The Hall–Kier alpha value is -1.60. The van der Waals surface area contributed by atoms with E-state index in [4.69, 9.17) is 11.6 Å². The molecule has 1 N–H and O–H groups in total. The lowest BCUT2D eigenvalue weighted by Gasteiger charge is -2.15. The highest BCUT2D eigenvalue weighted by Gasteiger charge is 2.16. The summed E-state index contributed by atoms with van der Waals surface area (Å²) in [7, 11) is 5.10. The maximum absolute atomic E-state index is 12.0. The van der Waals surface area contributed by atoms with Crippen molar-refractivity contribution in [3.05, 3.63) is 21.6 Å². The molecule has 8 heteroatoms. The van der Waals surface area contributed by atoms with Crippen LogP contribution >= 0.6 is 11.6 Å². The van der Waals surface area contributed by atoms with Gasteiger partial charge in [-0.15, -0.1) is 0 Å². The molecule has 1 heterocycles. The van der Waals surface area contributed by atoms with Crippen LogP contribution in [0.4, 0.5) is 5.69 Å². The minimum absolute atomic E-state index is 0.00880. The Balaban J connectivity index is 2.89. The summed E-state index contributed by atoms with van der Waals surface area (Å²) < 4.78 is 5.88. The lowest BCUT2D eigenvalue weighted by atomic mass is 10.3. The van der Waals surface area contributed by atoms with Gasteiger partial charge < -0.3 is 15.0 Å². The van der Waals surface area contributed by atoms with Crippen molar-refractivity contribution in [2.45, 2.75) is 19.5 Å². The monoisotopic (exact) mass is 302 g/mol. The number of hydrogen-bond donors (Lipinski definition) is 1. The fourth-order valence-electron chi connectivity index (χ4n) is 1.49. The van der Waals surface area contributed by atoms with E-state index in [9.17, 15) is 9.59 Å². The Labute approximate surface area is 122 Å². The summed E-state index contributed by atoms with van der Waals surface area (Å²) in [4.78, 5) is 25.3. The Morgan fingerprint density at radius 1 is 1.60 bits per heavy atom. The quantitative estimate of drug-likeness (QED) is 0.768. The van der Waals surface area contributed by atoms with Gasteiger partial charge in [0.25, 0.3) is 5.56 Å². The minimum Gasteiger partial charge on any atom is -0.467 e. The summed E-state index contributed by atoms with van der Waals surface area (Å²) >= 11 is 6.00. The standard InChI is InChI=1S/C12H19ClN4O3/c1-8(12(19)20-4)15-9-7-14-17(6-5-16(2)3)11(18)10(9)13/h7-8,15H,5-6H2,1-4H3. The predicted molar refractivity (Wildman–Crippen MR) is 77.2 cm³/mol. The molecule has 1 atom stereocenters. The number of likely N-dealkylation sites (N-methyl/N-ethyl adjacent to an activating group) is 1. The highest BCUT2D eigenvalue weighted by molar-refractivity contribution is 6.33. The zero-order chi connectivity index (χ0) is 15.3. The van der Waals surface area contributed by atoms with Crippen molar-refractivity contribution in [2.24, 2.45) is 0 Å². The van der Waals surface area contributed by atoms with Crippen LogP contribution in [0.5, 0.6) is 0 Å². The van der Waals surface area contributed by atoms with Crippen molar-refractivity contribution in [3.63, 3.8) is 0 Å². The van der Waals surface area contributed by atoms with Crippen LogP contribution in [0.2, 0.25) is 5.02 Å². The lowest BCUT2D eigenvalue weighted by molar-refractivity contribution is -0.141. The van der Waals surface area contributed by atoms with Gasteiger partial charge in [-0.05, 0) is 21.0 Å². The van der Waals surface area contributed by atoms with Crippen molar-refractivity contribution >= 4 is 23.3 Å². The van der Waals surface area contributed by atoms with Gasteiger partial charge in [0.2, 0.25) is 0 Å². The molecule has 0 aromatic carbocycles. The molecule has 0 saturated carbocycles. The summed E-state index contributed by atoms with van der Waals surface area (Å²) in [5.41, 5.74) is -0.0775. The molecule has 1 aromatic heterocycles. The summed E-state index contributed by atoms with van der Waals surface area (Å²) in [6, 6.07) is -0.615. The molecule has 7 nitrogen and oxygen atoms in total. The molecular weight excluding hydrogens is 284 g/mol. The fourth-order valence-corrected chi connectivity index (χ4v) is 1.69. The van der Waals surface area contributed by atoms with E-state index in [1.165, 1.54) is 18.0 Å². The van der Waals surface area contributed by atoms with Crippen molar-refractivity contribution in [2.75, 3.05) is 33.1 Å². The molecule has 0 saturated heterocycles. The molecule has 0 radical (unpaired) electrons. The third-order valence-electron chi connectivity index (χ3n) is 2.67. The van der Waals surface area contributed by atoms with E-state index in [1.807, 2.05) is 19.0 Å². The zero-order valence-corrected chi connectivity index (χ0v) is 12.8. The minimum atomic E-state index is -0.615. The summed E-state index contributed by atoms with van der Waals surface area (Å²) in [5.74, 6) is -0.446. The molecule has 0 aliphatic heterocycles.